The zero-order chi connectivity index (χ0) is 16.6. The Morgan fingerprint density at radius 3 is 2.96 bits per heavy atom. The number of sulfone groups is 1. The minimum atomic E-state index is -4.05. The van der Waals surface area contributed by atoms with Crippen molar-refractivity contribution in [2.75, 3.05) is 31.7 Å². The fraction of sp³-hybridized carbons (Fsp3) is 0.400. The molecular weight excluding hydrogens is 323 g/mol. The summed E-state index contributed by atoms with van der Waals surface area (Å²) in [6, 6.07) is 3.66. The number of nitrogens with one attached hydrogen (secondary N) is 1. The summed E-state index contributed by atoms with van der Waals surface area (Å²) in [5, 5.41) is 2.55. The molecule has 3 rings (SSSR count). The molecule has 1 N–H and O–H groups in total. The average Bonchev–Trinajstić information content (AvgIpc) is 2.96. The van der Waals surface area contributed by atoms with E-state index >= 15 is 0 Å². The predicted octanol–water partition coefficient (Wildman–Crippen LogP) is 1.19. The molecule has 1 amide bonds. The van der Waals surface area contributed by atoms with Gasteiger partial charge in [-0.3, -0.25) is 4.79 Å². The van der Waals surface area contributed by atoms with Crippen LogP contribution in [0, 0.1) is 5.82 Å². The fourth-order valence-electron chi connectivity index (χ4n) is 2.97. The van der Waals surface area contributed by atoms with Crippen molar-refractivity contribution < 1.29 is 22.3 Å². The number of hydrogen-bond acceptors (Lipinski definition) is 5. The van der Waals surface area contributed by atoms with Gasteiger partial charge in [0.05, 0.1) is 17.2 Å². The number of anilines is 1. The highest BCUT2D eigenvalue weighted by Crippen LogP contribution is 2.43. The highest BCUT2D eigenvalue weighted by atomic mass is 32.2. The lowest BCUT2D eigenvalue weighted by atomic mass is 10.2. The highest BCUT2D eigenvalue weighted by molar-refractivity contribution is 7.96. The van der Waals surface area contributed by atoms with E-state index in [4.69, 9.17) is 4.74 Å². The second-order valence-electron chi connectivity index (χ2n) is 5.40. The summed E-state index contributed by atoms with van der Waals surface area (Å²) in [4.78, 5) is 13.8. The number of ether oxygens (including phenoxy) is 1. The Morgan fingerprint density at radius 1 is 1.43 bits per heavy atom. The zero-order valence-corrected chi connectivity index (χ0v) is 13.5. The molecule has 0 spiro atoms. The van der Waals surface area contributed by atoms with Crippen LogP contribution >= 0.6 is 0 Å². The Hall–Kier alpha value is -1.93. The van der Waals surface area contributed by atoms with Crippen molar-refractivity contribution in [3.63, 3.8) is 0 Å². The number of halogens is 1. The second-order valence-corrected chi connectivity index (χ2v) is 7.25. The molecule has 2 aliphatic rings. The highest BCUT2D eigenvalue weighted by Gasteiger charge is 2.41. The van der Waals surface area contributed by atoms with Gasteiger partial charge in [0.25, 0.3) is 5.91 Å². The van der Waals surface area contributed by atoms with Gasteiger partial charge in [-0.2, -0.15) is 0 Å². The van der Waals surface area contributed by atoms with Gasteiger partial charge in [0.1, 0.15) is 5.82 Å². The average molecular weight is 340 g/mol. The molecule has 6 nitrogen and oxygen atoms in total. The molecule has 0 saturated carbocycles. The first-order valence-corrected chi connectivity index (χ1v) is 8.77. The minimum absolute atomic E-state index is 0.153. The van der Waals surface area contributed by atoms with Crippen molar-refractivity contribution in [2.24, 2.45) is 0 Å². The quantitative estimate of drug-likeness (QED) is 0.833. The van der Waals surface area contributed by atoms with Crippen molar-refractivity contribution in [3.8, 4) is 0 Å². The van der Waals surface area contributed by atoms with Gasteiger partial charge in [0.15, 0.2) is 4.91 Å². The number of carbonyl (C=O) groups is 1. The van der Waals surface area contributed by atoms with Crippen LogP contribution < -0.4 is 10.2 Å². The Kier molecular flexibility index (Phi) is 4.11. The molecule has 2 heterocycles. The monoisotopic (exact) mass is 340 g/mol. The lowest BCUT2D eigenvalue weighted by molar-refractivity contribution is -0.117. The van der Waals surface area contributed by atoms with Crippen LogP contribution in [0.25, 0.3) is 0 Å². The lowest BCUT2D eigenvalue weighted by Crippen LogP contribution is -2.37. The van der Waals surface area contributed by atoms with E-state index in [1.807, 2.05) is 0 Å². The van der Waals surface area contributed by atoms with Crippen LogP contribution in [0.3, 0.4) is 0 Å². The van der Waals surface area contributed by atoms with Gasteiger partial charge in [-0.05, 0) is 31.0 Å². The molecule has 1 aromatic rings. The third kappa shape index (κ3) is 2.61. The van der Waals surface area contributed by atoms with Crippen LogP contribution in [-0.2, 0) is 19.4 Å². The number of methoxy groups -OCH3 is 1. The van der Waals surface area contributed by atoms with Crippen LogP contribution in [0.4, 0.5) is 10.1 Å². The first kappa shape index (κ1) is 15.9. The van der Waals surface area contributed by atoms with E-state index in [0.29, 0.717) is 24.4 Å². The van der Waals surface area contributed by atoms with Crippen LogP contribution in [-0.4, -0.2) is 41.1 Å². The van der Waals surface area contributed by atoms with Crippen molar-refractivity contribution in [1.82, 2.24) is 5.32 Å². The van der Waals surface area contributed by atoms with Crippen LogP contribution in [0.15, 0.2) is 33.7 Å². The van der Waals surface area contributed by atoms with Gasteiger partial charge in [-0.15, -0.1) is 0 Å². The van der Waals surface area contributed by atoms with Crippen molar-refractivity contribution in [2.45, 2.75) is 17.7 Å². The minimum Gasteiger partial charge on any atom is -0.383 e. The van der Waals surface area contributed by atoms with Crippen LogP contribution in [0.5, 0.6) is 0 Å². The smallest absolute Gasteiger partial charge is 0.265 e. The number of fused-ring (bicyclic) bond motifs is 3. The number of benzene rings is 1. The second kappa shape index (κ2) is 5.93. The Morgan fingerprint density at radius 2 is 2.22 bits per heavy atom. The Bertz CT molecular complexity index is 789. The summed E-state index contributed by atoms with van der Waals surface area (Å²) in [7, 11) is -2.56. The molecule has 124 valence electrons. The normalized spacial score (nSPS) is 18.6. The third-order valence-electron chi connectivity index (χ3n) is 3.95. The largest absolute Gasteiger partial charge is 0.383 e. The molecule has 0 bridgehead atoms. The molecule has 2 aliphatic heterocycles. The number of hydrogen-bond donors (Lipinski definition) is 1. The molecule has 0 atom stereocenters. The lowest BCUT2D eigenvalue weighted by Gasteiger charge is -2.30. The molecular formula is C15H17FN2O4S. The van der Waals surface area contributed by atoms with E-state index in [9.17, 15) is 17.6 Å². The summed E-state index contributed by atoms with van der Waals surface area (Å²) >= 11 is 0. The number of nitrogens with zero attached hydrogens (tertiary/aromatic N) is 1. The van der Waals surface area contributed by atoms with E-state index in [1.54, 1.807) is 4.90 Å². The molecule has 0 radical (unpaired) electrons. The number of carbonyl (C=O) groups excluding carboxylic acids is 1. The SMILES string of the molecule is COCCNC(=O)C1=C2CCCN2c2ccc(F)cc2S1(=O)=O. The Labute approximate surface area is 133 Å². The molecule has 1 fully saturated rings. The van der Waals surface area contributed by atoms with E-state index < -0.39 is 21.6 Å². The maximum absolute atomic E-state index is 13.5. The first-order valence-electron chi connectivity index (χ1n) is 7.29. The molecule has 8 heteroatoms. The summed E-state index contributed by atoms with van der Waals surface area (Å²) in [5.41, 5.74) is 0.923. The van der Waals surface area contributed by atoms with Crippen molar-refractivity contribution in [1.29, 1.82) is 0 Å². The van der Waals surface area contributed by atoms with E-state index in [0.717, 1.165) is 12.5 Å². The van der Waals surface area contributed by atoms with Gasteiger partial charge < -0.3 is 15.0 Å². The molecule has 1 aromatic carbocycles. The summed E-state index contributed by atoms with van der Waals surface area (Å²) in [5.74, 6) is -1.31. The van der Waals surface area contributed by atoms with Crippen LogP contribution in [0.2, 0.25) is 0 Å². The van der Waals surface area contributed by atoms with Gasteiger partial charge >= 0.3 is 0 Å². The number of allylic oxidation sites excluding steroid dienone is 1. The van der Waals surface area contributed by atoms with Gasteiger partial charge in [0, 0.05) is 25.9 Å². The van der Waals surface area contributed by atoms with Crippen molar-refractivity contribution in [3.05, 3.63) is 34.6 Å². The molecule has 23 heavy (non-hydrogen) atoms. The van der Waals surface area contributed by atoms with E-state index in [1.165, 1.54) is 19.2 Å². The van der Waals surface area contributed by atoms with Crippen LogP contribution in [0.1, 0.15) is 12.8 Å². The zero-order valence-electron chi connectivity index (χ0n) is 12.6. The molecule has 0 unspecified atom stereocenters. The first-order chi connectivity index (χ1) is 11.0. The van der Waals surface area contributed by atoms with Crippen molar-refractivity contribution >= 4 is 21.4 Å². The van der Waals surface area contributed by atoms with E-state index in [2.05, 4.69) is 5.32 Å². The molecule has 1 saturated heterocycles. The molecule has 0 aromatic heterocycles. The fourth-order valence-corrected chi connectivity index (χ4v) is 4.75. The standard InChI is InChI=1S/C15H17FN2O4S/c1-22-8-6-17-15(19)14-12-3-2-7-18(12)11-5-4-10(16)9-13(11)23(14,20)21/h4-5,9H,2-3,6-8H2,1H3,(H,17,19). The maximum atomic E-state index is 13.5. The summed E-state index contributed by atoms with van der Waals surface area (Å²) in [6.45, 7) is 1.10. The van der Waals surface area contributed by atoms with E-state index in [-0.39, 0.29) is 23.0 Å². The third-order valence-corrected chi connectivity index (χ3v) is 5.82. The predicted molar refractivity (Wildman–Crippen MR) is 82.1 cm³/mol. The topological polar surface area (TPSA) is 75.7 Å². The van der Waals surface area contributed by atoms with Gasteiger partial charge in [-0.25, -0.2) is 12.8 Å². The number of rotatable bonds is 4. The number of amides is 1. The van der Waals surface area contributed by atoms with Gasteiger partial charge in [-0.1, -0.05) is 0 Å². The maximum Gasteiger partial charge on any atom is 0.265 e. The Balaban J connectivity index is 2.09. The summed E-state index contributed by atoms with van der Waals surface area (Å²) in [6.07, 6.45) is 1.25. The summed E-state index contributed by atoms with van der Waals surface area (Å²) < 4.78 is 44.1. The van der Waals surface area contributed by atoms with Gasteiger partial charge in [0.2, 0.25) is 9.84 Å². The molecule has 0 aliphatic carbocycles.